The van der Waals surface area contributed by atoms with Crippen molar-refractivity contribution in [2.24, 2.45) is 5.41 Å². The molecule has 1 fully saturated rings. The first-order valence-electron chi connectivity index (χ1n) is 7.93. The van der Waals surface area contributed by atoms with Crippen LogP contribution in [0.15, 0.2) is 24.3 Å². The number of nitrogens with one attached hydrogen (secondary N) is 1. The largest absolute Gasteiger partial charge is 0.396 e. The van der Waals surface area contributed by atoms with Crippen molar-refractivity contribution in [3.05, 3.63) is 24.3 Å². The van der Waals surface area contributed by atoms with Crippen molar-refractivity contribution in [3.63, 3.8) is 0 Å². The first-order chi connectivity index (χ1) is 9.73. The quantitative estimate of drug-likeness (QED) is 0.800. The van der Waals surface area contributed by atoms with Gasteiger partial charge in [0.2, 0.25) is 0 Å². The van der Waals surface area contributed by atoms with Crippen LogP contribution in [-0.4, -0.2) is 31.3 Å². The van der Waals surface area contributed by atoms with Crippen LogP contribution >= 0.6 is 0 Å². The zero-order valence-corrected chi connectivity index (χ0v) is 12.9. The third-order valence-corrected chi connectivity index (χ3v) is 4.84. The monoisotopic (exact) mass is 276 g/mol. The summed E-state index contributed by atoms with van der Waals surface area (Å²) in [6.07, 6.45) is 4.62. The second kappa shape index (κ2) is 6.98. The average molecular weight is 276 g/mol. The Morgan fingerprint density at radius 3 is 2.20 bits per heavy atom. The summed E-state index contributed by atoms with van der Waals surface area (Å²) in [6.45, 7) is 7.76. The van der Waals surface area contributed by atoms with E-state index in [0.717, 1.165) is 25.1 Å². The standard InChI is InChI=1S/C17H28N2O/c1-3-17(4-2,14-20)13-18-15-7-9-16(10-8-15)19-11-5-6-12-19/h7-10,18,20H,3-6,11-14H2,1-2H3. The minimum absolute atomic E-state index is 0.00756. The third kappa shape index (κ3) is 3.45. The van der Waals surface area contributed by atoms with Gasteiger partial charge in [0.05, 0.1) is 6.61 Å². The van der Waals surface area contributed by atoms with Crippen LogP contribution in [0.5, 0.6) is 0 Å². The van der Waals surface area contributed by atoms with Gasteiger partial charge in [-0.05, 0) is 49.9 Å². The molecular weight excluding hydrogens is 248 g/mol. The van der Waals surface area contributed by atoms with Crippen LogP contribution in [0.3, 0.4) is 0 Å². The van der Waals surface area contributed by atoms with Gasteiger partial charge in [-0.3, -0.25) is 0 Å². The summed E-state index contributed by atoms with van der Waals surface area (Å²) in [7, 11) is 0. The number of rotatable bonds is 7. The Kier molecular flexibility index (Phi) is 5.30. The molecule has 0 aromatic heterocycles. The molecule has 0 unspecified atom stereocenters. The maximum Gasteiger partial charge on any atom is 0.0504 e. The molecule has 0 amide bonds. The molecule has 2 N–H and O–H groups in total. The number of anilines is 2. The minimum atomic E-state index is 0.00756. The summed E-state index contributed by atoms with van der Waals surface area (Å²) in [5, 5.41) is 13.1. The molecule has 3 heteroatoms. The van der Waals surface area contributed by atoms with Gasteiger partial charge in [0, 0.05) is 36.4 Å². The molecule has 0 saturated carbocycles. The molecular formula is C17H28N2O. The van der Waals surface area contributed by atoms with E-state index in [2.05, 4.69) is 48.3 Å². The van der Waals surface area contributed by atoms with Crippen molar-refractivity contribution in [2.45, 2.75) is 39.5 Å². The topological polar surface area (TPSA) is 35.5 Å². The lowest BCUT2D eigenvalue weighted by molar-refractivity contribution is 0.127. The first-order valence-corrected chi connectivity index (χ1v) is 7.93. The lowest BCUT2D eigenvalue weighted by Gasteiger charge is -2.30. The maximum atomic E-state index is 9.60. The van der Waals surface area contributed by atoms with Crippen molar-refractivity contribution >= 4 is 11.4 Å². The number of hydrogen-bond donors (Lipinski definition) is 2. The lowest BCUT2D eigenvalue weighted by Crippen LogP contribution is -2.32. The molecule has 0 spiro atoms. The number of aliphatic hydroxyl groups is 1. The zero-order valence-electron chi connectivity index (χ0n) is 12.9. The van der Waals surface area contributed by atoms with E-state index in [4.69, 9.17) is 0 Å². The number of aliphatic hydroxyl groups excluding tert-OH is 1. The third-order valence-electron chi connectivity index (χ3n) is 4.84. The molecule has 3 nitrogen and oxygen atoms in total. The first kappa shape index (κ1) is 15.2. The normalized spacial score (nSPS) is 15.7. The highest BCUT2D eigenvalue weighted by Gasteiger charge is 2.24. The van der Waals surface area contributed by atoms with Crippen molar-refractivity contribution in [2.75, 3.05) is 36.5 Å². The van der Waals surface area contributed by atoms with E-state index in [9.17, 15) is 5.11 Å². The molecule has 0 atom stereocenters. The van der Waals surface area contributed by atoms with E-state index in [1.807, 2.05) is 0 Å². The van der Waals surface area contributed by atoms with Gasteiger partial charge in [-0.15, -0.1) is 0 Å². The predicted molar refractivity (Wildman–Crippen MR) is 86.5 cm³/mol. The average Bonchev–Trinajstić information content (AvgIpc) is 3.04. The Hall–Kier alpha value is -1.22. The molecule has 1 heterocycles. The van der Waals surface area contributed by atoms with Crippen LogP contribution in [0.4, 0.5) is 11.4 Å². The van der Waals surface area contributed by atoms with Gasteiger partial charge in [-0.25, -0.2) is 0 Å². The fourth-order valence-electron chi connectivity index (χ4n) is 2.83. The summed E-state index contributed by atoms with van der Waals surface area (Å²) in [6, 6.07) is 8.71. The van der Waals surface area contributed by atoms with E-state index in [1.54, 1.807) is 0 Å². The van der Waals surface area contributed by atoms with Gasteiger partial charge in [-0.2, -0.15) is 0 Å². The van der Waals surface area contributed by atoms with Crippen molar-refractivity contribution in [1.82, 2.24) is 0 Å². The molecule has 1 aliphatic heterocycles. The van der Waals surface area contributed by atoms with Crippen LogP contribution < -0.4 is 10.2 Å². The fraction of sp³-hybridized carbons (Fsp3) is 0.647. The van der Waals surface area contributed by atoms with Gasteiger partial charge < -0.3 is 15.3 Å². The molecule has 0 radical (unpaired) electrons. The Balaban J connectivity index is 1.93. The molecule has 1 aromatic carbocycles. The van der Waals surface area contributed by atoms with E-state index < -0.39 is 0 Å². The molecule has 1 aromatic rings. The highest BCUT2D eigenvalue weighted by molar-refractivity contribution is 5.55. The molecule has 20 heavy (non-hydrogen) atoms. The van der Waals surface area contributed by atoms with Gasteiger partial charge in [0.1, 0.15) is 0 Å². The van der Waals surface area contributed by atoms with Crippen molar-refractivity contribution in [1.29, 1.82) is 0 Å². The SMILES string of the molecule is CCC(CC)(CO)CNc1ccc(N2CCCC2)cc1. The van der Waals surface area contributed by atoms with E-state index >= 15 is 0 Å². The van der Waals surface area contributed by atoms with E-state index in [1.165, 1.54) is 31.6 Å². The number of nitrogens with zero attached hydrogens (tertiary/aromatic N) is 1. The summed E-state index contributed by atoms with van der Waals surface area (Å²) in [4.78, 5) is 2.44. The maximum absolute atomic E-state index is 9.60. The van der Waals surface area contributed by atoms with Crippen molar-refractivity contribution in [3.8, 4) is 0 Å². The number of benzene rings is 1. The fourth-order valence-corrected chi connectivity index (χ4v) is 2.83. The predicted octanol–water partition coefficient (Wildman–Crippen LogP) is 3.50. The van der Waals surface area contributed by atoms with Crippen LogP contribution in [-0.2, 0) is 0 Å². The Morgan fingerprint density at radius 1 is 1.10 bits per heavy atom. The molecule has 0 bridgehead atoms. The van der Waals surface area contributed by atoms with Gasteiger partial charge in [0.25, 0.3) is 0 Å². The lowest BCUT2D eigenvalue weighted by atomic mass is 9.83. The molecule has 2 rings (SSSR count). The van der Waals surface area contributed by atoms with Gasteiger partial charge >= 0.3 is 0 Å². The summed E-state index contributed by atoms with van der Waals surface area (Å²) < 4.78 is 0. The molecule has 0 aliphatic carbocycles. The smallest absolute Gasteiger partial charge is 0.0504 e. The van der Waals surface area contributed by atoms with Crippen LogP contribution in [0.2, 0.25) is 0 Å². The minimum Gasteiger partial charge on any atom is -0.396 e. The van der Waals surface area contributed by atoms with Crippen LogP contribution in [0, 0.1) is 5.41 Å². The van der Waals surface area contributed by atoms with E-state index in [-0.39, 0.29) is 12.0 Å². The number of hydrogen-bond acceptors (Lipinski definition) is 3. The molecule has 1 aliphatic rings. The summed E-state index contributed by atoms with van der Waals surface area (Å²) >= 11 is 0. The molecule has 1 saturated heterocycles. The Morgan fingerprint density at radius 2 is 1.70 bits per heavy atom. The van der Waals surface area contributed by atoms with Gasteiger partial charge in [-0.1, -0.05) is 13.8 Å². The van der Waals surface area contributed by atoms with Crippen LogP contribution in [0.1, 0.15) is 39.5 Å². The summed E-state index contributed by atoms with van der Waals surface area (Å²) in [5.41, 5.74) is 2.48. The summed E-state index contributed by atoms with van der Waals surface area (Å²) in [5.74, 6) is 0. The Labute approximate surface area is 123 Å². The van der Waals surface area contributed by atoms with Gasteiger partial charge in [0.15, 0.2) is 0 Å². The van der Waals surface area contributed by atoms with Crippen LogP contribution in [0.25, 0.3) is 0 Å². The highest BCUT2D eigenvalue weighted by atomic mass is 16.3. The Bertz CT molecular complexity index is 384. The van der Waals surface area contributed by atoms with E-state index in [0.29, 0.717) is 0 Å². The molecule has 112 valence electrons. The van der Waals surface area contributed by atoms with Crippen molar-refractivity contribution < 1.29 is 5.11 Å². The second-order valence-electron chi connectivity index (χ2n) is 5.96. The zero-order chi connectivity index (χ0) is 14.4. The second-order valence-corrected chi connectivity index (χ2v) is 5.96. The highest BCUT2D eigenvalue weighted by Crippen LogP contribution is 2.27.